The Labute approximate surface area is 150 Å². The summed E-state index contributed by atoms with van der Waals surface area (Å²) in [6.07, 6.45) is 3.15. The number of nitrogens with one attached hydrogen (secondary N) is 1. The normalized spacial score (nSPS) is 19.8. The highest BCUT2D eigenvalue weighted by molar-refractivity contribution is 5.87. The first-order valence-corrected chi connectivity index (χ1v) is 8.38. The zero-order valence-corrected chi connectivity index (χ0v) is 15.3. The van der Waals surface area contributed by atoms with Crippen molar-refractivity contribution in [2.45, 2.75) is 51.1 Å². The fraction of sp³-hybridized carbons (Fsp3) is 0.556. The number of likely N-dealkylation sites (tertiary alicyclic amines) is 1. The van der Waals surface area contributed by atoms with Gasteiger partial charge in [-0.2, -0.15) is 0 Å². The summed E-state index contributed by atoms with van der Waals surface area (Å²) in [6.45, 7) is 4.96. The van der Waals surface area contributed by atoms with Crippen molar-refractivity contribution in [2.75, 3.05) is 13.1 Å². The number of carbonyl (C=O) groups is 2. The molecule has 0 saturated carbocycles. The average molecular weight is 354 g/mol. The number of hydrogen-bond acceptors (Lipinski definition) is 3. The Morgan fingerprint density at radius 2 is 2.00 bits per heavy atom. The quantitative estimate of drug-likeness (QED) is 0.852. The average Bonchev–Trinajstić information content (AvgIpc) is 2.55. The summed E-state index contributed by atoms with van der Waals surface area (Å²) >= 11 is 0. The molecule has 3 N–H and O–H groups in total. The van der Waals surface area contributed by atoms with Crippen molar-refractivity contribution in [3.8, 4) is 0 Å². The highest BCUT2D eigenvalue weighted by atomic mass is 35.5. The molecule has 24 heavy (non-hydrogen) atoms. The monoisotopic (exact) mass is 353 g/mol. The van der Waals surface area contributed by atoms with Crippen molar-refractivity contribution < 1.29 is 9.59 Å². The Morgan fingerprint density at radius 3 is 2.62 bits per heavy atom. The third kappa shape index (κ3) is 4.95. The highest BCUT2D eigenvalue weighted by Gasteiger charge is 2.36. The minimum atomic E-state index is -1.05. The molecule has 2 rings (SSSR count). The van der Waals surface area contributed by atoms with Crippen LogP contribution >= 0.6 is 12.4 Å². The van der Waals surface area contributed by atoms with Gasteiger partial charge in [0, 0.05) is 25.6 Å². The Bertz CT molecular complexity index is 548. The summed E-state index contributed by atoms with van der Waals surface area (Å²) in [6, 6.07) is 9.46. The molecule has 1 aliphatic rings. The maximum atomic E-state index is 12.9. The van der Waals surface area contributed by atoms with Crippen LogP contribution < -0.4 is 11.1 Å². The molecule has 1 saturated heterocycles. The van der Waals surface area contributed by atoms with Crippen LogP contribution in [-0.2, 0) is 15.1 Å². The molecule has 1 aromatic carbocycles. The standard InChI is InChI=1S/C18H27N3O2.ClH/c1-3-8-16(22)20-15-11-7-12-21(13-15)17(23)18(2,19)14-9-5-4-6-10-14;/h4-6,9-10,15H,3,7-8,11-13,19H2,1-2H3,(H,20,22);1H. The van der Waals surface area contributed by atoms with Crippen molar-refractivity contribution in [1.29, 1.82) is 0 Å². The molecule has 1 fully saturated rings. The van der Waals surface area contributed by atoms with Gasteiger partial charge in [-0.05, 0) is 31.7 Å². The van der Waals surface area contributed by atoms with Crippen LogP contribution in [0.4, 0.5) is 0 Å². The van der Waals surface area contributed by atoms with Crippen LogP contribution in [-0.4, -0.2) is 35.8 Å². The molecule has 1 aromatic rings. The number of piperidine rings is 1. The van der Waals surface area contributed by atoms with E-state index < -0.39 is 5.54 Å². The van der Waals surface area contributed by atoms with Gasteiger partial charge in [-0.3, -0.25) is 9.59 Å². The van der Waals surface area contributed by atoms with Crippen molar-refractivity contribution in [3.05, 3.63) is 35.9 Å². The number of amides is 2. The summed E-state index contributed by atoms with van der Waals surface area (Å²) in [5.74, 6) is -0.0245. The maximum absolute atomic E-state index is 12.9. The number of nitrogens with two attached hydrogens (primary N) is 1. The molecule has 0 bridgehead atoms. The lowest BCUT2D eigenvalue weighted by Gasteiger charge is -2.38. The van der Waals surface area contributed by atoms with E-state index in [2.05, 4.69) is 5.32 Å². The van der Waals surface area contributed by atoms with Crippen LogP contribution in [0.2, 0.25) is 0 Å². The van der Waals surface area contributed by atoms with Crippen LogP contribution in [0.3, 0.4) is 0 Å². The van der Waals surface area contributed by atoms with E-state index in [0.717, 1.165) is 24.8 Å². The van der Waals surface area contributed by atoms with Crippen molar-refractivity contribution in [2.24, 2.45) is 5.73 Å². The highest BCUT2D eigenvalue weighted by Crippen LogP contribution is 2.22. The largest absolute Gasteiger partial charge is 0.352 e. The Kier molecular flexibility index (Phi) is 7.70. The van der Waals surface area contributed by atoms with Gasteiger partial charge >= 0.3 is 0 Å². The van der Waals surface area contributed by atoms with Gasteiger partial charge in [-0.25, -0.2) is 0 Å². The van der Waals surface area contributed by atoms with Crippen LogP contribution in [0.15, 0.2) is 30.3 Å². The molecule has 5 nitrogen and oxygen atoms in total. The summed E-state index contributed by atoms with van der Waals surface area (Å²) in [4.78, 5) is 26.4. The second-order valence-corrected chi connectivity index (χ2v) is 6.48. The predicted molar refractivity (Wildman–Crippen MR) is 97.9 cm³/mol. The van der Waals surface area contributed by atoms with E-state index in [-0.39, 0.29) is 30.3 Å². The first-order chi connectivity index (χ1) is 10.9. The Hall–Kier alpha value is -1.59. The molecule has 2 unspecified atom stereocenters. The van der Waals surface area contributed by atoms with Gasteiger partial charge in [-0.15, -0.1) is 12.4 Å². The number of hydrogen-bond donors (Lipinski definition) is 2. The Morgan fingerprint density at radius 1 is 1.33 bits per heavy atom. The van der Waals surface area contributed by atoms with Crippen LogP contribution in [0.5, 0.6) is 0 Å². The molecular formula is C18H28ClN3O2. The zero-order chi connectivity index (χ0) is 16.9. The third-order valence-electron chi connectivity index (χ3n) is 4.37. The van der Waals surface area contributed by atoms with E-state index in [0.29, 0.717) is 19.5 Å². The smallest absolute Gasteiger partial charge is 0.247 e. The van der Waals surface area contributed by atoms with E-state index in [9.17, 15) is 9.59 Å². The topological polar surface area (TPSA) is 75.4 Å². The summed E-state index contributed by atoms with van der Waals surface area (Å²) < 4.78 is 0. The Balaban J connectivity index is 0.00000288. The molecule has 2 atom stereocenters. The molecule has 6 heteroatoms. The van der Waals surface area contributed by atoms with Gasteiger partial charge in [0.1, 0.15) is 5.54 Å². The number of benzene rings is 1. The first kappa shape index (κ1) is 20.5. The predicted octanol–water partition coefficient (Wildman–Crippen LogP) is 2.19. The van der Waals surface area contributed by atoms with Crippen molar-refractivity contribution >= 4 is 24.2 Å². The van der Waals surface area contributed by atoms with Gasteiger partial charge in [0.25, 0.3) is 0 Å². The second-order valence-electron chi connectivity index (χ2n) is 6.48. The van der Waals surface area contributed by atoms with E-state index in [1.54, 1.807) is 11.8 Å². The molecule has 1 aliphatic heterocycles. The van der Waals surface area contributed by atoms with E-state index in [4.69, 9.17) is 5.73 Å². The molecule has 0 aromatic heterocycles. The minimum absolute atomic E-state index is 0. The van der Waals surface area contributed by atoms with Gasteiger partial charge in [0.15, 0.2) is 0 Å². The van der Waals surface area contributed by atoms with Crippen molar-refractivity contribution in [1.82, 2.24) is 10.2 Å². The van der Waals surface area contributed by atoms with Crippen LogP contribution in [0.25, 0.3) is 0 Å². The second kappa shape index (κ2) is 9.04. The van der Waals surface area contributed by atoms with Gasteiger partial charge < -0.3 is 16.0 Å². The number of nitrogens with zero attached hydrogens (tertiary/aromatic N) is 1. The third-order valence-corrected chi connectivity index (χ3v) is 4.37. The van der Waals surface area contributed by atoms with Crippen LogP contribution in [0.1, 0.15) is 45.1 Å². The van der Waals surface area contributed by atoms with Gasteiger partial charge in [0.05, 0.1) is 0 Å². The van der Waals surface area contributed by atoms with E-state index in [1.165, 1.54) is 0 Å². The van der Waals surface area contributed by atoms with Gasteiger partial charge in [0.2, 0.25) is 11.8 Å². The molecule has 0 radical (unpaired) electrons. The minimum Gasteiger partial charge on any atom is -0.352 e. The summed E-state index contributed by atoms with van der Waals surface area (Å²) in [5.41, 5.74) is 6.09. The summed E-state index contributed by atoms with van der Waals surface area (Å²) in [5, 5.41) is 3.02. The molecule has 134 valence electrons. The molecule has 2 amide bonds. The fourth-order valence-corrected chi connectivity index (χ4v) is 3.04. The molecule has 0 spiro atoms. The SMILES string of the molecule is CCCC(=O)NC1CCCN(C(=O)C(C)(N)c2ccccc2)C1.Cl. The number of carbonyl (C=O) groups excluding carboxylic acids is 2. The fourth-order valence-electron chi connectivity index (χ4n) is 3.04. The lowest BCUT2D eigenvalue weighted by Crippen LogP contribution is -2.56. The lowest BCUT2D eigenvalue weighted by atomic mass is 9.90. The molecule has 1 heterocycles. The lowest BCUT2D eigenvalue weighted by molar-refractivity contribution is -0.138. The number of halogens is 1. The van der Waals surface area contributed by atoms with E-state index in [1.807, 2.05) is 37.3 Å². The maximum Gasteiger partial charge on any atom is 0.247 e. The first-order valence-electron chi connectivity index (χ1n) is 8.38. The zero-order valence-electron chi connectivity index (χ0n) is 14.5. The molecule has 0 aliphatic carbocycles. The number of rotatable bonds is 5. The van der Waals surface area contributed by atoms with Crippen LogP contribution in [0, 0.1) is 0 Å². The van der Waals surface area contributed by atoms with E-state index >= 15 is 0 Å². The molecular weight excluding hydrogens is 326 g/mol. The van der Waals surface area contributed by atoms with Crippen molar-refractivity contribution in [3.63, 3.8) is 0 Å². The summed E-state index contributed by atoms with van der Waals surface area (Å²) in [7, 11) is 0. The van der Waals surface area contributed by atoms with Gasteiger partial charge in [-0.1, -0.05) is 37.3 Å².